The van der Waals surface area contributed by atoms with Gasteiger partial charge in [-0.2, -0.15) is 4.98 Å². The van der Waals surface area contributed by atoms with Crippen LogP contribution >= 0.6 is 0 Å². The van der Waals surface area contributed by atoms with E-state index in [1.54, 1.807) is 4.57 Å². The van der Waals surface area contributed by atoms with Gasteiger partial charge in [0.05, 0.1) is 5.69 Å². The fourth-order valence-corrected chi connectivity index (χ4v) is 3.25. The topological polar surface area (TPSA) is 127 Å². The molecule has 0 saturated heterocycles. The summed E-state index contributed by atoms with van der Waals surface area (Å²) < 4.78 is 1.56. The molecule has 152 valence electrons. The molecule has 2 heterocycles. The van der Waals surface area contributed by atoms with Crippen molar-refractivity contribution in [2.75, 3.05) is 13.1 Å². The summed E-state index contributed by atoms with van der Waals surface area (Å²) >= 11 is 0. The Balaban J connectivity index is 1.75. The third-order valence-electron chi connectivity index (χ3n) is 4.64. The van der Waals surface area contributed by atoms with Gasteiger partial charge in [-0.3, -0.25) is 9.56 Å². The SMILES string of the molecule is C=CC[C@H](NCCCN=C(N)N)c1ccc(-n2cc3cc(C)[nH]c3nc2=O)cc1. The van der Waals surface area contributed by atoms with Gasteiger partial charge in [0.15, 0.2) is 5.96 Å². The molecular weight excluding hydrogens is 366 g/mol. The van der Waals surface area contributed by atoms with Crippen LogP contribution in [0, 0.1) is 6.92 Å². The number of fused-ring (bicyclic) bond motifs is 1. The standard InChI is InChI=1S/C21H27N7O/c1-3-5-18(24-10-4-11-25-20(22)23)15-6-8-17(9-7-15)28-13-16-12-14(2)26-19(16)27-21(28)29/h3,6-9,12-13,18,24H,1,4-5,10-11H2,2H3,(H4,22,23,25)(H,26,27,29)/t18-/m0/s1. The van der Waals surface area contributed by atoms with Gasteiger partial charge in [0.1, 0.15) is 5.65 Å². The van der Waals surface area contributed by atoms with Crippen LogP contribution in [0.25, 0.3) is 16.7 Å². The van der Waals surface area contributed by atoms with Crippen LogP contribution < -0.4 is 22.5 Å². The van der Waals surface area contributed by atoms with E-state index in [2.05, 4.69) is 26.9 Å². The van der Waals surface area contributed by atoms with Crippen LogP contribution in [0.1, 0.15) is 30.1 Å². The van der Waals surface area contributed by atoms with Gasteiger partial charge in [0.2, 0.25) is 0 Å². The van der Waals surface area contributed by atoms with Crippen molar-refractivity contribution in [3.8, 4) is 5.69 Å². The van der Waals surface area contributed by atoms with Gasteiger partial charge in [-0.05, 0) is 50.1 Å². The molecule has 0 radical (unpaired) electrons. The first-order valence-electron chi connectivity index (χ1n) is 9.57. The fraction of sp³-hybridized carbons (Fsp3) is 0.286. The molecule has 1 atom stereocenters. The van der Waals surface area contributed by atoms with E-state index in [1.807, 2.05) is 49.5 Å². The van der Waals surface area contributed by atoms with E-state index in [-0.39, 0.29) is 17.7 Å². The Morgan fingerprint density at radius 3 is 2.83 bits per heavy atom. The second-order valence-corrected chi connectivity index (χ2v) is 6.93. The molecule has 29 heavy (non-hydrogen) atoms. The molecule has 8 nitrogen and oxygen atoms in total. The van der Waals surface area contributed by atoms with Crippen molar-refractivity contribution in [3.05, 3.63) is 70.9 Å². The highest BCUT2D eigenvalue weighted by molar-refractivity contribution is 5.76. The molecule has 0 amide bonds. The second-order valence-electron chi connectivity index (χ2n) is 6.93. The van der Waals surface area contributed by atoms with E-state index in [0.29, 0.717) is 12.2 Å². The van der Waals surface area contributed by atoms with Gasteiger partial charge in [-0.1, -0.05) is 18.2 Å². The van der Waals surface area contributed by atoms with Gasteiger partial charge in [0.25, 0.3) is 0 Å². The summed E-state index contributed by atoms with van der Waals surface area (Å²) in [5.41, 5.74) is 13.8. The molecule has 1 aromatic carbocycles. The quantitative estimate of drug-likeness (QED) is 0.191. The number of H-pyrrole nitrogens is 1. The van der Waals surface area contributed by atoms with E-state index in [1.165, 1.54) is 0 Å². The molecule has 0 saturated carbocycles. The van der Waals surface area contributed by atoms with E-state index in [4.69, 9.17) is 11.5 Å². The minimum absolute atomic E-state index is 0.112. The van der Waals surface area contributed by atoms with Gasteiger partial charge < -0.3 is 21.8 Å². The average Bonchev–Trinajstić information content (AvgIpc) is 3.05. The molecule has 0 aliphatic rings. The van der Waals surface area contributed by atoms with Gasteiger partial charge in [0, 0.05) is 29.9 Å². The molecule has 3 rings (SSSR count). The van der Waals surface area contributed by atoms with Crippen LogP contribution in [0.15, 0.2) is 59.0 Å². The van der Waals surface area contributed by atoms with E-state index >= 15 is 0 Å². The maximum atomic E-state index is 12.4. The predicted molar refractivity (Wildman–Crippen MR) is 117 cm³/mol. The predicted octanol–water partition coefficient (Wildman–Crippen LogP) is 1.89. The Hall–Kier alpha value is -3.39. The van der Waals surface area contributed by atoms with Crippen LogP contribution in [0.2, 0.25) is 0 Å². The summed E-state index contributed by atoms with van der Waals surface area (Å²) in [4.78, 5) is 23.6. The highest BCUT2D eigenvalue weighted by atomic mass is 16.1. The summed E-state index contributed by atoms with van der Waals surface area (Å²) in [6.45, 7) is 7.16. The van der Waals surface area contributed by atoms with E-state index in [0.717, 1.165) is 41.7 Å². The highest BCUT2D eigenvalue weighted by Crippen LogP contribution is 2.20. The molecule has 3 aromatic rings. The Bertz CT molecular complexity index is 1060. The Morgan fingerprint density at radius 2 is 2.14 bits per heavy atom. The van der Waals surface area contributed by atoms with E-state index < -0.39 is 0 Å². The van der Waals surface area contributed by atoms with Crippen molar-refractivity contribution in [2.24, 2.45) is 16.5 Å². The number of guanidine groups is 1. The summed E-state index contributed by atoms with van der Waals surface area (Å²) in [6, 6.07) is 10.0. The monoisotopic (exact) mass is 393 g/mol. The van der Waals surface area contributed by atoms with Crippen molar-refractivity contribution in [3.63, 3.8) is 0 Å². The minimum Gasteiger partial charge on any atom is -0.370 e. The first-order valence-corrected chi connectivity index (χ1v) is 9.57. The number of aromatic nitrogens is 3. The summed E-state index contributed by atoms with van der Waals surface area (Å²) in [6.07, 6.45) is 5.32. The maximum Gasteiger partial charge on any atom is 0.354 e. The number of nitrogens with one attached hydrogen (secondary N) is 2. The van der Waals surface area contributed by atoms with Crippen molar-refractivity contribution in [1.82, 2.24) is 19.9 Å². The lowest BCUT2D eigenvalue weighted by Crippen LogP contribution is -2.25. The summed E-state index contributed by atoms with van der Waals surface area (Å²) in [5, 5.41) is 4.40. The van der Waals surface area contributed by atoms with Crippen molar-refractivity contribution < 1.29 is 0 Å². The fourth-order valence-electron chi connectivity index (χ4n) is 3.25. The molecular formula is C21H27N7O. The number of aryl methyl sites for hydroxylation is 1. The van der Waals surface area contributed by atoms with Crippen LogP contribution in [-0.2, 0) is 0 Å². The molecule has 0 bridgehead atoms. The third kappa shape index (κ3) is 5.11. The van der Waals surface area contributed by atoms with E-state index in [9.17, 15) is 4.79 Å². The van der Waals surface area contributed by atoms with Crippen LogP contribution in [-0.4, -0.2) is 33.6 Å². The highest BCUT2D eigenvalue weighted by Gasteiger charge is 2.11. The maximum absolute atomic E-state index is 12.4. The number of hydrogen-bond donors (Lipinski definition) is 4. The molecule has 0 spiro atoms. The van der Waals surface area contributed by atoms with Gasteiger partial charge in [-0.15, -0.1) is 6.58 Å². The van der Waals surface area contributed by atoms with Crippen molar-refractivity contribution >= 4 is 17.0 Å². The van der Waals surface area contributed by atoms with Crippen molar-refractivity contribution in [1.29, 1.82) is 0 Å². The van der Waals surface area contributed by atoms with Crippen LogP contribution in [0.3, 0.4) is 0 Å². The lowest BCUT2D eigenvalue weighted by Gasteiger charge is -2.18. The number of aromatic amines is 1. The number of aliphatic imine (C=N–C) groups is 1. The molecule has 6 N–H and O–H groups in total. The number of nitrogens with two attached hydrogens (primary N) is 2. The lowest BCUT2D eigenvalue weighted by molar-refractivity contribution is 0.530. The largest absolute Gasteiger partial charge is 0.370 e. The normalized spacial score (nSPS) is 12.0. The smallest absolute Gasteiger partial charge is 0.354 e. The third-order valence-corrected chi connectivity index (χ3v) is 4.64. The Labute approximate surface area is 169 Å². The minimum atomic E-state index is -0.312. The molecule has 0 aliphatic carbocycles. The summed E-state index contributed by atoms with van der Waals surface area (Å²) in [5.74, 6) is 0.112. The van der Waals surface area contributed by atoms with Gasteiger partial charge >= 0.3 is 5.69 Å². The van der Waals surface area contributed by atoms with Crippen LogP contribution in [0.5, 0.6) is 0 Å². The average molecular weight is 393 g/mol. The van der Waals surface area contributed by atoms with Gasteiger partial charge in [-0.25, -0.2) is 4.79 Å². The number of nitrogens with zero attached hydrogens (tertiary/aromatic N) is 3. The molecule has 0 aliphatic heterocycles. The molecule has 8 heteroatoms. The zero-order chi connectivity index (χ0) is 20.8. The Kier molecular flexibility index (Phi) is 6.46. The number of benzene rings is 1. The zero-order valence-corrected chi connectivity index (χ0v) is 16.6. The first-order chi connectivity index (χ1) is 14.0. The Morgan fingerprint density at radius 1 is 1.38 bits per heavy atom. The second kappa shape index (κ2) is 9.20. The van der Waals surface area contributed by atoms with Crippen LogP contribution in [0.4, 0.5) is 0 Å². The molecule has 0 unspecified atom stereocenters. The lowest BCUT2D eigenvalue weighted by atomic mass is 10.0. The molecule has 0 fully saturated rings. The zero-order valence-electron chi connectivity index (χ0n) is 16.6. The first kappa shape index (κ1) is 20.3. The molecule has 2 aromatic heterocycles. The summed E-state index contributed by atoms with van der Waals surface area (Å²) in [7, 11) is 0. The van der Waals surface area contributed by atoms with Crippen molar-refractivity contribution in [2.45, 2.75) is 25.8 Å². The number of rotatable bonds is 9. The number of hydrogen-bond acceptors (Lipinski definition) is 4.